The zero-order valence-electron chi connectivity index (χ0n) is 11.0. The fourth-order valence-electron chi connectivity index (χ4n) is 2.37. The van der Waals surface area contributed by atoms with E-state index in [1.54, 1.807) is 24.3 Å². The van der Waals surface area contributed by atoms with E-state index in [-0.39, 0.29) is 31.1 Å². The van der Waals surface area contributed by atoms with Crippen molar-refractivity contribution in [3.8, 4) is 5.75 Å². The third-order valence-electron chi connectivity index (χ3n) is 3.44. The number of nitrogens with one attached hydrogen (secondary N) is 1. The van der Waals surface area contributed by atoms with Gasteiger partial charge >= 0.3 is 0 Å². The standard InChI is InChI=1S/C14H18ClNO4/c15-10-1-3-12(4-2-10)20-8-14(19)16-11-5-9(7-17)13(18)6-11/h1-4,9,11,13,17-18H,5-8H2,(H,16,19)/t9-,11-,13-/m0/s1. The van der Waals surface area contributed by atoms with Crippen LogP contribution >= 0.6 is 11.6 Å². The van der Waals surface area contributed by atoms with E-state index in [2.05, 4.69) is 5.32 Å². The van der Waals surface area contributed by atoms with Gasteiger partial charge in [-0.05, 0) is 37.1 Å². The van der Waals surface area contributed by atoms with Crippen LogP contribution in [0.4, 0.5) is 0 Å². The van der Waals surface area contributed by atoms with E-state index in [4.69, 9.17) is 21.4 Å². The third-order valence-corrected chi connectivity index (χ3v) is 3.69. The topological polar surface area (TPSA) is 78.8 Å². The van der Waals surface area contributed by atoms with Crippen LogP contribution in [0.25, 0.3) is 0 Å². The molecule has 1 aromatic rings. The van der Waals surface area contributed by atoms with Gasteiger partial charge in [-0.25, -0.2) is 0 Å². The number of rotatable bonds is 5. The maximum Gasteiger partial charge on any atom is 0.258 e. The van der Waals surface area contributed by atoms with E-state index in [9.17, 15) is 9.90 Å². The lowest BCUT2D eigenvalue weighted by Crippen LogP contribution is -2.36. The fourth-order valence-corrected chi connectivity index (χ4v) is 2.49. The Morgan fingerprint density at radius 2 is 2.05 bits per heavy atom. The highest BCUT2D eigenvalue weighted by Crippen LogP contribution is 2.25. The summed E-state index contributed by atoms with van der Waals surface area (Å²) in [5.74, 6) is 0.178. The molecule has 1 amide bonds. The molecule has 0 saturated heterocycles. The molecule has 0 bridgehead atoms. The minimum Gasteiger partial charge on any atom is -0.484 e. The minimum atomic E-state index is -0.553. The molecule has 3 N–H and O–H groups in total. The first kappa shape index (κ1) is 15.1. The first-order chi connectivity index (χ1) is 9.58. The van der Waals surface area contributed by atoms with E-state index in [1.165, 1.54) is 0 Å². The number of carbonyl (C=O) groups is 1. The molecule has 1 aliphatic rings. The molecule has 2 rings (SSSR count). The van der Waals surface area contributed by atoms with Gasteiger partial charge in [0.05, 0.1) is 6.10 Å². The second-order valence-corrected chi connectivity index (χ2v) is 5.42. The van der Waals surface area contributed by atoms with Crippen molar-refractivity contribution in [2.24, 2.45) is 5.92 Å². The summed E-state index contributed by atoms with van der Waals surface area (Å²) < 4.78 is 5.33. The van der Waals surface area contributed by atoms with E-state index < -0.39 is 6.10 Å². The smallest absolute Gasteiger partial charge is 0.258 e. The highest BCUT2D eigenvalue weighted by Gasteiger charge is 2.33. The Bertz CT molecular complexity index is 451. The predicted molar refractivity (Wildman–Crippen MR) is 74.7 cm³/mol. The maximum atomic E-state index is 11.7. The number of amides is 1. The number of ether oxygens (including phenoxy) is 1. The van der Waals surface area contributed by atoms with E-state index in [0.717, 1.165) is 0 Å². The number of halogens is 1. The monoisotopic (exact) mass is 299 g/mol. The zero-order chi connectivity index (χ0) is 14.5. The van der Waals surface area contributed by atoms with Gasteiger partial charge in [-0.1, -0.05) is 11.6 Å². The summed E-state index contributed by atoms with van der Waals surface area (Å²) in [6.07, 6.45) is 0.505. The van der Waals surface area contributed by atoms with Crippen molar-refractivity contribution in [3.05, 3.63) is 29.3 Å². The van der Waals surface area contributed by atoms with Crippen LogP contribution in [0.15, 0.2) is 24.3 Å². The summed E-state index contributed by atoms with van der Waals surface area (Å²) >= 11 is 5.75. The largest absolute Gasteiger partial charge is 0.484 e. The number of benzene rings is 1. The quantitative estimate of drug-likeness (QED) is 0.757. The van der Waals surface area contributed by atoms with Crippen LogP contribution in [0.1, 0.15) is 12.8 Å². The average molecular weight is 300 g/mol. The molecule has 1 fully saturated rings. The fraction of sp³-hybridized carbons (Fsp3) is 0.500. The van der Waals surface area contributed by atoms with Gasteiger partial charge in [-0.2, -0.15) is 0 Å². The van der Waals surface area contributed by atoms with Crippen molar-refractivity contribution in [1.29, 1.82) is 0 Å². The Morgan fingerprint density at radius 1 is 1.35 bits per heavy atom. The summed E-state index contributed by atoms with van der Waals surface area (Å²) in [5, 5.41) is 22.1. The van der Waals surface area contributed by atoms with E-state index in [1.807, 2.05) is 0 Å². The molecule has 6 heteroatoms. The molecule has 0 aliphatic heterocycles. The van der Waals surface area contributed by atoms with Crippen molar-refractivity contribution in [2.45, 2.75) is 25.0 Å². The highest BCUT2D eigenvalue weighted by molar-refractivity contribution is 6.30. The second-order valence-electron chi connectivity index (χ2n) is 4.99. The van der Waals surface area contributed by atoms with E-state index >= 15 is 0 Å². The van der Waals surface area contributed by atoms with Crippen LogP contribution in [-0.4, -0.2) is 41.5 Å². The zero-order valence-corrected chi connectivity index (χ0v) is 11.7. The molecule has 0 unspecified atom stereocenters. The third kappa shape index (κ3) is 4.10. The van der Waals surface area contributed by atoms with Gasteiger partial charge in [0.15, 0.2) is 6.61 Å². The molecule has 1 saturated carbocycles. The van der Waals surface area contributed by atoms with Gasteiger partial charge in [-0.15, -0.1) is 0 Å². The van der Waals surface area contributed by atoms with Crippen LogP contribution in [-0.2, 0) is 4.79 Å². The van der Waals surface area contributed by atoms with Crippen LogP contribution < -0.4 is 10.1 Å². The van der Waals surface area contributed by atoms with Gasteiger partial charge in [0.2, 0.25) is 0 Å². The molecule has 110 valence electrons. The summed E-state index contributed by atoms with van der Waals surface area (Å²) in [6.45, 7) is -0.146. The number of carbonyl (C=O) groups excluding carboxylic acids is 1. The Morgan fingerprint density at radius 3 is 2.65 bits per heavy atom. The Labute approximate surface area is 122 Å². The van der Waals surface area contributed by atoms with E-state index in [0.29, 0.717) is 23.6 Å². The SMILES string of the molecule is O=C(COc1ccc(Cl)cc1)N[C@H]1C[C@@H](CO)[C@@H](O)C1. The summed E-state index contributed by atoms with van der Waals surface area (Å²) in [6, 6.07) is 6.65. The number of aliphatic hydroxyl groups is 2. The molecule has 5 nitrogen and oxygen atoms in total. The first-order valence-electron chi connectivity index (χ1n) is 6.55. The number of hydrogen-bond acceptors (Lipinski definition) is 4. The van der Waals surface area contributed by atoms with Crippen LogP contribution in [0, 0.1) is 5.92 Å². The first-order valence-corrected chi connectivity index (χ1v) is 6.93. The molecule has 3 atom stereocenters. The highest BCUT2D eigenvalue weighted by atomic mass is 35.5. The van der Waals surface area contributed by atoms with Crippen LogP contribution in [0.2, 0.25) is 5.02 Å². The molecule has 20 heavy (non-hydrogen) atoms. The van der Waals surface area contributed by atoms with Gasteiger partial charge in [0.1, 0.15) is 5.75 Å². The maximum absolute atomic E-state index is 11.7. The number of aliphatic hydroxyl groups excluding tert-OH is 2. The average Bonchev–Trinajstić information content (AvgIpc) is 2.78. The molecule has 0 radical (unpaired) electrons. The van der Waals surface area contributed by atoms with Crippen molar-refractivity contribution in [3.63, 3.8) is 0 Å². The Kier molecular flexibility index (Phi) is 5.23. The lowest BCUT2D eigenvalue weighted by atomic mass is 10.1. The lowest BCUT2D eigenvalue weighted by Gasteiger charge is -2.13. The van der Waals surface area contributed by atoms with Crippen molar-refractivity contribution in [2.75, 3.05) is 13.2 Å². The molecule has 0 aromatic heterocycles. The van der Waals surface area contributed by atoms with Crippen LogP contribution in [0.5, 0.6) is 5.75 Å². The van der Waals surface area contributed by atoms with Crippen molar-refractivity contribution < 1.29 is 19.7 Å². The predicted octanol–water partition coefficient (Wildman–Crippen LogP) is 0.967. The summed E-state index contributed by atoms with van der Waals surface area (Å²) in [5.41, 5.74) is 0. The van der Waals surface area contributed by atoms with Crippen LogP contribution in [0.3, 0.4) is 0 Å². The molecule has 1 aromatic carbocycles. The minimum absolute atomic E-state index is 0.0607. The molecule has 0 spiro atoms. The normalized spacial score (nSPS) is 25.4. The number of hydrogen-bond donors (Lipinski definition) is 3. The van der Waals surface area contributed by atoms with Crippen molar-refractivity contribution >= 4 is 17.5 Å². The van der Waals surface area contributed by atoms with Gasteiger partial charge in [0.25, 0.3) is 5.91 Å². The molecule has 1 aliphatic carbocycles. The summed E-state index contributed by atoms with van der Waals surface area (Å²) in [7, 11) is 0. The second kappa shape index (κ2) is 6.92. The van der Waals surface area contributed by atoms with Crippen molar-refractivity contribution in [1.82, 2.24) is 5.32 Å². The van der Waals surface area contributed by atoms with Gasteiger partial charge in [0, 0.05) is 23.6 Å². The molecular formula is C14H18ClNO4. The Hall–Kier alpha value is -1.30. The van der Waals surface area contributed by atoms with Gasteiger partial charge < -0.3 is 20.3 Å². The molecular weight excluding hydrogens is 282 g/mol. The molecule has 0 heterocycles. The Balaban J connectivity index is 1.74. The lowest BCUT2D eigenvalue weighted by molar-refractivity contribution is -0.123. The van der Waals surface area contributed by atoms with Gasteiger partial charge in [-0.3, -0.25) is 4.79 Å². The summed E-state index contributed by atoms with van der Waals surface area (Å²) in [4.78, 5) is 11.7.